The predicted molar refractivity (Wildman–Crippen MR) is 274 cm³/mol. The zero-order valence-electron chi connectivity index (χ0n) is 41.0. The van der Waals surface area contributed by atoms with Crippen LogP contribution in [0.1, 0.15) is 207 Å². The third kappa shape index (κ3) is 48.8. The lowest BCUT2D eigenvalue weighted by atomic mass is 10.0. The number of hydrogen-bond donors (Lipinski definition) is 0. The highest BCUT2D eigenvalue weighted by molar-refractivity contribution is 5.72. The van der Waals surface area contributed by atoms with Crippen LogP contribution in [0.2, 0.25) is 0 Å². The molecule has 0 spiro atoms. The minimum absolute atomic E-state index is 0.0745. The molecule has 1 atom stereocenters. The van der Waals surface area contributed by atoms with Gasteiger partial charge >= 0.3 is 17.9 Å². The number of unbranched alkanes of at least 4 members (excludes halogenated alkanes) is 15. The van der Waals surface area contributed by atoms with E-state index in [-0.39, 0.29) is 32.0 Å². The molecule has 64 heavy (non-hydrogen) atoms. The maximum Gasteiger partial charge on any atom is 0.310 e. The van der Waals surface area contributed by atoms with E-state index in [0.29, 0.717) is 12.8 Å². The fraction of sp³-hybridized carbons (Fsp3) is 0.603. The van der Waals surface area contributed by atoms with Crippen molar-refractivity contribution in [3.8, 4) is 0 Å². The Kier molecular flexibility index (Phi) is 48.1. The quantitative estimate of drug-likeness (QED) is 0.0262. The summed E-state index contributed by atoms with van der Waals surface area (Å²) in [7, 11) is 0. The summed E-state index contributed by atoms with van der Waals surface area (Å²) in [5.41, 5.74) is 0. The van der Waals surface area contributed by atoms with Crippen LogP contribution in [-0.2, 0) is 28.6 Å². The number of ether oxygens (including phenoxy) is 3. The topological polar surface area (TPSA) is 78.9 Å². The summed E-state index contributed by atoms with van der Waals surface area (Å²) in [6.45, 7) is 6.22. The second kappa shape index (κ2) is 51.4. The lowest BCUT2D eigenvalue weighted by molar-refractivity contribution is -0.166. The summed E-state index contributed by atoms with van der Waals surface area (Å²) < 4.78 is 16.6. The highest BCUT2D eigenvalue weighted by atomic mass is 16.6. The molecule has 0 rings (SSSR count). The molecule has 0 aromatic carbocycles. The van der Waals surface area contributed by atoms with Gasteiger partial charge in [0, 0.05) is 6.42 Å². The van der Waals surface area contributed by atoms with Crippen molar-refractivity contribution in [3.63, 3.8) is 0 Å². The lowest BCUT2D eigenvalue weighted by Gasteiger charge is -2.17. The summed E-state index contributed by atoms with van der Waals surface area (Å²) >= 11 is 0. The molecule has 0 N–H and O–H groups in total. The molecule has 0 aliphatic heterocycles. The average molecular weight is 885 g/mol. The fourth-order valence-electron chi connectivity index (χ4n) is 6.53. The van der Waals surface area contributed by atoms with Gasteiger partial charge in [0.15, 0.2) is 6.10 Å². The second-order valence-electron chi connectivity index (χ2n) is 16.4. The van der Waals surface area contributed by atoms with E-state index in [0.717, 1.165) is 77.0 Å². The summed E-state index contributed by atoms with van der Waals surface area (Å²) in [6.07, 6.45) is 70.9. The standard InChI is InChI=1S/C58H92O6/c1-4-7-10-13-16-19-22-25-28-31-33-36-39-42-45-48-51-57(60)63-54-55(64-58(61)52-49-46-43-40-37-34-30-27-24-21-18-15-12-9-6-3)53-62-56(59)50-47-44-41-38-35-32-29-26-23-20-17-14-11-8-5-2/h8-9,11-12,17-18,20-21,26-27,29-30,35,37-38,40,44,46-47,49,55H,4-7,10,13-16,19,22-25,28,31-34,36,39,41-43,45,48,50-54H2,1-3H3/b11-8-,12-9-,20-17-,21-18-,29-26-,30-27-,38-35-,40-37-,47-44-,49-46-. The predicted octanol–water partition coefficient (Wildman–Crippen LogP) is 16.9. The summed E-state index contributed by atoms with van der Waals surface area (Å²) in [5.74, 6) is -1.22. The molecule has 0 aliphatic rings. The van der Waals surface area contributed by atoms with Crippen molar-refractivity contribution in [1.29, 1.82) is 0 Å². The molecular formula is C58H92O6. The lowest BCUT2D eigenvalue weighted by Crippen LogP contribution is -2.30. The molecule has 0 fully saturated rings. The minimum Gasteiger partial charge on any atom is -0.462 e. The van der Waals surface area contributed by atoms with E-state index < -0.39 is 18.0 Å². The highest BCUT2D eigenvalue weighted by Gasteiger charge is 2.19. The first kappa shape index (κ1) is 59.8. The molecule has 0 bridgehead atoms. The van der Waals surface area contributed by atoms with Gasteiger partial charge in [0.1, 0.15) is 13.2 Å². The number of carbonyl (C=O) groups is 3. The van der Waals surface area contributed by atoms with Crippen molar-refractivity contribution in [3.05, 3.63) is 122 Å². The van der Waals surface area contributed by atoms with Crippen molar-refractivity contribution < 1.29 is 28.6 Å². The van der Waals surface area contributed by atoms with Crippen LogP contribution in [0.15, 0.2) is 122 Å². The molecule has 0 aliphatic carbocycles. The van der Waals surface area contributed by atoms with E-state index in [1.807, 2.05) is 12.2 Å². The van der Waals surface area contributed by atoms with Crippen LogP contribution in [-0.4, -0.2) is 37.2 Å². The normalized spacial score (nSPS) is 13.1. The Balaban J connectivity index is 4.62. The van der Waals surface area contributed by atoms with Crippen LogP contribution < -0.4 is 0 Å². The van der Waals surface area contributed by atoms with Crippen molar-refractivity contribution in [2.75, 3.05) is 13.2 Å². The van der Waals surface area contributed by atoms with Gasteiger partial charge in [-0.05, 0) is 70.6 Å². The Morgan fingerprint density at radius 2 is 0.609 bits per heavy atom. The van der Waals surface area contributed by atoms with Crippen LogP contribution in [0.25, 0.3) is 0 Å². The first-order valence-electron chi connectivity index (χ1n) is 25.5. The molecule has 0 saturated heterocycles. The summed E-state index contributed by atoms with van der Waals surface area (Å²) in [6, 6.07) is 0. The summed E-state index contributed by atoms with van der Waals surface area (Å²) in [5, 5.41) is 0. The number of rotatable bonds is 44. The van der Waals surface area contributed by atoms with E-state index in [4.69, 9.17) is 14.2 Å². The molecule has 1 unspecified atom stereocenters. The van der Waals surface area contributed by atoms with E-state index in [1.165, 1.54) is 83.5 Å². The van der Waals surface area contributed by atoms with Crippen molar-refractivity contribution in [1.82, 2.24) is 0 Å². The Labute approximate surface area is 392 Å². The summed E-state index contributed by atoms with van der Waals surface area (Å²) in [4.78, 5) is 37.8. The molecule has 0 radical (unpaired) electrons. The molecule has 0 amide bonds. The van der Waals surface area contributed by atoms with Crippen LogP contribution >= 0.6 is 0 Å². The molecule has 360 valence electrons. The molecule has 0 heterocycles. The maximum absolute atomic E-state index is 12.7. The number of allylic oxidation sites excluding steroid dienone is 18. The Hall–Kier alpha value is -4.19. The highest BCUT2D eigenvalue weighted by Crippen LogP contribution is 2.14. The van der Waals surface area contributed by atoms with Crippen LogP contribution in [0.3, 0.4) is 0 Å². The average Bonchev–Trinajstić information content (AvgIpc) is 3.29. The second-order valence-corrected chi connectivity index (χ2v) is 16.4. The monoisotopic (exact) mass is 885 g/mol. The van der Waals surface area contributed by atoms with Gasteiger partial charge in [-0.2, -0.15) is 0 Å². The van der Waals surface area contributed by atoms with Gasteiger partial charge in [-0.25, -0.2) is 0 Å². The largest absolute Gasteiger partial charge is 0.462 e. The van der Waals surface area contributed by atoms with E-state index >= 15 is 0 Å². The van der Waals surface area contributed by atoms with E-state index in [9.17, 15) is 14.4 Å². The molecule has 6 nitrogen and oxygen atoms in total. The van der Waals surface area contributed by atoms with Crippen LogP contribution in [0.4, 0.5) is 0 Å². The zero-order chi connectivity index (χ0) is 46.5. The zero-order valence-corrected chi connectivity index (χ0v) is 41.0. The van der Waals surface area contributed by atoms with E-state index in [1.54, 1.807) is 12.2 Å². The van der Waals surface area contributed by atoms with Crippen molar-refractivity contribution >= 4 is 17.9 Å². The number of esters is 3. The smallest absolute Gasteiger partial charge is 0.310 e. The Morgan fingerprint density at radius 3 is 0.953 bits per heavy atom. The van der Waals surface area contributed by atoms with Crippen molar-refractivity contribution in [2.24, 2.45) is 0 Å². The maximum atomic E-state index is 12.7. The van der Waals surface area contributed by atoms with Gasteiger partial charge < -0.3 is 14.2 Å². The Bertz CT molecular complexity index is 1390. The van der Waals surface area contributed by atoms with Gasteiger partial charge in [0.05, 0.1) is 12.8 Å². The molecular weight excluding hydrogens is 793 g/mol. The van der Waals surface area contributed by atoms with Gasteiger partial charge in [0.2, 0.25) is 0 Å². The SMILES string of the molecule is CC/C=C\C/C=C\C/C=C\C/C=C\C/C=C\CC(=O)OCC(COC(=O)CCCCCCCCCCCCCCCCCC)OC(=O)C/C=C\C/C=C\C/C=C\C/C=C\C/C=C\CC. The molecule has 0 aromatic heterocycles. The third-order valence-corrected chi connectivity index (χ3v) is 10.3. The number of hydrogen-bond acceptors (Lipinski definition) is 6. The molecule has 0 saturated carbocycles. The molecule has 0 aromatic rings. The van der Waals surface area contributed by atoms with Crippen LogP contribution in [0.5, 0.6) is 0 Å². The van der Waals surface area contributed by atoms with Crippen molar-refractivity contribution in [2.45, 2.75) is 213 Å². The third-order valence-electron chi connectivity index (χ3n) is 10.3. The molecule has 6 heteroatoms. The van der Waals surface area contributed by atoms with Gasteiger partial charge in [-0.1, -0.05) is 239 Å². The van der Waals surface area contributed by atoms with Gasteiger partial charge in [-0.15, -0.1) is 0 Å². The minimum atomic E-state index is -0.873. The first-order chi connectivity index (χ1) is 31.5. The van der Waals surface area contributed by atoms with Gasteiger partial charge in [0.25, 0.3) is 0 Å². The fourth-order valence-corrected chi connectivity index (χ4v) is 6.53. The Morgan fingerprint density at radius 1 is 0.328 bits per heavy atom. The van der Waals surface area contributed by atoms with Gasteiger partial charge in [-0.3, -0.25) is 14.4 Å². The number of carbonyl (C=O) groups excluding carboxylic acids is 3. The van der Waals surface area contributed by atoms with Crippen LogP contribution in [0, 0.1) is 0 Å². The van der Waals surface area contributed by atoms with E-state index in [2.05, 4.69) is 118 Å². The first-order valence-corrected chi connectivity index (χ1v) is 25.5.